The van der Waals surface area contributed by atoms with Gasteiger partial charge in [0.15, 0.2) is 0 Å². The zero-order valence-corrected chi connectivity index (χ0v) is 48.3. The minimum absolute atomic E-state index is 0.0830. The highest BCUT2D eigenvalue weighted by Crippen LogP contribution is 2.41. The highest BCUT2D eigenvalue weighted by Gasteiger charge is 2.46. The van der Waals surface area contributed by atoms with Crippen LogP contribution in [0.15, 0.2) is 91.6 Å². The number of carboxylic acids is 1. The van der Waals surface area contributed by atoms with Crippen molar-refractivity contribution in [3.63, 3.8) is 0 Å². The number of carboxylic acid groups (broad SMARTS) is 1. The molecular weight excluding hydrogens is 1050 g/mol. The fraction of sp³-hybridized carbons (Fsp3) is 0.492. The van der Waals surface area contributed by atoms with Crippen molar-refractivity contribution in [1.82, 2.24) is 34.7 Å². The maximum absolute atomic E-state index is 12.8. The van der Waals surface area contributed by atoms with Crippen molar-refractivity contribution in [2.75, 3.05) is 32.8 Å². The Morgan fingerprint density at radius 3 is 1.48 bits per heavy atom. The zero-order chi connectivity index (χ0) is 57.0. The molecule has 2 aliphatic heterocycles. The van der Waals surface area contributed by atoms with Gasteiger partial charge in [-0.2, -0.15) is 0 Å². The van der Waals surface area contributed by atoms with Gasteiger partial charge in [-0.05, 0) is 173 Å². The van der Waals surface area contributed by atoms with Crippen molar-refractivity contribution in [1.29, 1.82) is 0 Å². The van der Waals surface area contributed by atoms with Crippen molar-refractivity contribution in [3.05, 3.63) is 148 Å². The highest BCUT2D eigenvalue weighted by atomic mass is 79.9. The number of aliphatic hydroxyl groups is 1. The number of pyridine rings is 5. The van der Waals surface area contributed by atoms with Crippen LogP contribution in [0.5, 0.6) is 0 Å². The average Bonchev–Trinajstić information content (AvgIpc) is 3.38. The van der Waals surface area contributed by atoms with Gasteiger partial charge in [0.05, 0.1) is 35.6 Å². The van der Waals surface area contributed by atoms with Crippen LogP contribution in [0, 0.1) is 38.5 Å². The molecule has 2 amide bonds. The molecule has 5 aromatic rings. The fourth-order valence-corrected chi connectivity index (χ4v) is 9.39. The predicted octanol–water partition coefficient (Wildman–Crippen LogP) is 10.5. The van der Waals surface area contributed by atoms with Gasteiger partial charge in [-0.15, -0.1) is 0 Å². The van der Waals surface area contributed by atoms with Crippen LogP contribution in [0.1, 0.15) is 135 Å². The van der Waals surface area contributed by atoms with E-state index in [4.69, 9.17) is 24.4 Å². The number of aryl methyl sites for hydroxylation is 4. The van der Waals surface area contributed by atoms with Gasteiger partial charge in [0.2, 0.25) is 0 Å². The number of ketones is 1. The summed E-state index contributed by atoms with van der Waals surface area (Å²) in [6.45, 7) is 23.0. The quantitative estimate of drug-likeness (QED) is 0.0878. The Morgan fingerprint density at radius 2 is 1.08 bits per heavy atom. The molecule has 77 heavy (non-hydrogen) atoms. The summed E-state index contributed by atoms with van der Waals surface area (Å²) in [4.78, 5) is 84.3. The average molecular weight is 1130 g/mol. The topological polar surface area (TPSA) is 224 Å². The van der Waals surface area contributed by atoms with Gasteiger partial charge in [-0.25, -0.2) is 14.4 Å². The number of piperidine rings is 2. The molecule has 17 nitrogen and oxygen atoms in total. The third-order valence-corrected chi connectivity index (χ3v) is 13.9. The van der Waals surface area contributed by atoms with Crippen LogP contribution < -0.4 is 0 Å². The summed E-state index contributed by atoms with van der Waals surface area (Å²) in [5.41, 5.74) is 7.09. The first-order valence-electron chi connectivity index (χ1n) is 26.0. The predicted molar refractivity (Wildman–Crippen MR) is 297 cm³/mol. The fourth-order valence-electron chi connectivity index (χ4n) is 8.80. The van der Waals surface area contributed by atoms with E-state index in [1.165, 1.54) is 17.2 Å². The number of hydrogen-bond acceptors (Lipinski definition) is 14. The number of ether oxygens (including phenoxy) is 3. The van der Waals surface area contributed by atoms with Gasteiger partial charge < -0.3 is 34.2 Å². The molecule has 0 unspecified atom stereocenters. The summed E-state index contributed by atoms with van der Waals surface area (Å²) >= 11 is 3.37. The zero-order valence-electron chi connectivity index (χ0n) is 46.7. The van der Waals surface area contributed by atoms with Crippen LogP contribution in [-0.2, 0) is 55.0 Å². The molecule has 0 saturated carbocycles. The molecule has 0 aromatic carbocycles. The standard InChI is InChI=1S/C20H30N2O4.C18H24N2O3.C7H8BrN.C7H7NO2.C7H9NO/c1-6-25-17(23)20(14-16-8-7-11-21-15(16)2)9-12-22(13-10-20)18(24)26-19(3,4)5;1-17(2,3)23-16(22)20-9-6-18(7-10-20)12-13-5-4-8-19-14(13)11-15(18)21;1-6-7(5-8)3-2-4-9-6;1-5-6(7(9)10)3-2-4-8-5;1-6-7(5-9)3-2-4-8-6/h7-8,11H,6,9-10,12-14H2,1-5H3;4-5,8H,6-7,9-12H2,1-3H3;2-4H,5H2,1H3;2-4H,1H3,(H,9,10);2-4,9H,5H2,1H3. The molecule has 18 heteroatoms. The summed E-state index contributed by atoms with van der Waals surface area (Å²) in [6.07, 6.45) is 12.3. The summed E-state index contributed by atoms with van der Waals surface area (Å²) in [5, 5.41) is 18.1. The Kier molecular flexibility index (Phi) is 23.8. The van der Waals surface area contributed by atoms with Crippen LogP contribution in [0.25, 0.3) is 0 Å². The van der Waals surface area contributed by atoms with E-state index >= 15 is 0 Å². The second-order valence-electron chi connectivity index (χ2n) is 21.3. The van der Waals surface area contributed by atoms with Crippen LogP contribution in [0.4, 0.5) is 9.59 Å². The van der Waals surface area contributed by atoms with Crippen LogP contribution in [0.3, 0.4) is 0 Å². The van der Waals surface area contributed by atoms with Crippen molar-refractivity contribution in [2.45, 2.75) is 144 Å². The van der Waals surface area contributed by atoms with E-state index < -0.39 is 22.6 Å². The number of amides is 2. The Bertz CT molecular complexity index is 2700. The summed E-state index contributed by atoms with van der Waals surface area (Å²) in [7, 11) is 0. The van der Waals surface area contributed by atoms with E-state index in [1.54, 1.807) is 47.6 Å². The van der Waals surface area contributed by atoms with Gasteiger partial charge in [0, 0.05) is 91.4 Å². The molecule has 8 rings (SSSR count). The highest BCUT2D eigenvalue weighted by molar-refractivity contribution is 9.08. The first kappa shape index (κ1) is 62.9. The Balaban J connectivity index is 0.000000225. The molecule has 416 valence electrons. The number of carbonyl (C=O) groups is 5. The summed E-state index contributed by atoms with van der Waals surface area (Å²) < 4.78 is 16.3. The Morgan fingerprint density at radius 1 is 0.636 bits per heavy atom. The number of nitrogens with zero attached hydrogens (tertiary/aromatic N) is 7. The normalized spacial score (nSPS) is 15.2. The number of fused-ring (bicyclic) bond motifs is 1. The molecule has 0 atom stereocenters. The molecule has 2 fully saturated rings. The second-order valence-corrected chi connectivity index (χ2v) is 21.8. The first-order chi connectivity index (χ1) is 36.4. The number of alkyl halides is 1. The SMILES string of the molecule is CC(C)(C)OC(=O)N1CCC2(CC1)Cc1cccnc1CC2=O.CCOC(=O)C1(Cc2cccnc2C)CCN(C(=O)OC(C)(C)C)CC1.Cc1ncccc1C(=O)O.Cc1ncccc1CBr.Cc1ncccc1CO. The number of carbonyl (C=O) groups excluding carboxylic acids is 4. The van der Waals surface area contributed by atoms with E-state index in [0.29, 0.717) is 77.0 Å². The van der Waals surface area contributed by atoms with E-state index in [1.807, 2.05) is 112 Å². The molecule has 3 aliphatic rings. The molecule has 2 N–H and O–H groups in total. The molecule has 2 saturated heterocycles. The third-order valence-electron chi connectivity index (χ3n) is 13.3. The number of rotatable bonds is 7. The Hall–Kier alpha value is -6.66. The van der Waals surface area contributed by atoms with Crippen LogP contribution in [0.2, 0.25) is 0 Å². The third kappa shape index (κ3) is 19.4. The lowest BCUT2D eigenvalue weighted by Gasteiger charge is -2.43. The number of halogens is 1. The van der Waals surface area contributed by atoms with E-state index in [9.17, 15) is 24.0 Å². The summed E-state index contributed by atoms with van der Waals surface area (Å²) in [6, 6.07) is 18.7. The summed E-state index contributed by atoms with van der Waals surface area (Å²) in [5.74, 6) is -0.842. The number of Topliss-reactive ketones (excluding diaryl/α,β-unsaturated/α-hetero) is 1. The number of esters is 1. The van der Waals surface area contributed by atoms with Gasteiger partial charge in [0.25, 0.3) is 0 Å². The van der Waals surface area contributed by atoms with Crippen LogP contribution in [-0.4, -0.2) is 119 Å². The smallest absolute Gasteiger partial charge is 0.410 e. The molecule has 0 bridgehead atoms. The number of aliphatic hydroxyl groups excluding tert-OH is 1. The van der Waals surface area contributed by atoms with Gasteiger partial charge in [-0.3, -0.25) is 34.5 Å². The van der Waals surface area contributed by atoms with Crippen molar-refractivity contribution in [2.24, 2.45) is 10.8 Å². The lowest BCUT2D eigenvalue weighted by Crippen LogP contribution is -2.50. The lowest BCUT2D eigenvalue weighted by atomic mass is 9.66. The first-order valence-corrected chi connectivity index (χ1v) is 27.1. The van der Waals surface area contributed by atoms with Crippen LogP contribution >= 0.6 is 15.9 Å². The molecule has 7 heterocycles. The van der Waals surface area contributed by atoms with Gasteiger partial charge in [0.1, 0.15) is 17.0 Å². The second kappa shape index (κ2) is 29.2. The van der Waals surface area contributed by atoms with E-state index in [0.717, 1.165) is 45.7 Å². The van der Waals surface area contributed by atoms with Gasteiger partial charge in [-0.1, -0.05) is 40.2 Å². The largest absolute Gasteiger partial charge is 0.478 e. The van der Waals surface area contributed by atoms with Crippen molar-refractivity contribution < 1.29 is 48.4 Å². The number of likely N-dealkylation sites (tertiary alicyclic amines) is 2. The number of aromatic nitrogens is 5. The molecule has 0 radical (unpaired) electrons. The maximum atomic E-state index is 12.8. The number of hydrogen-bond donors (Lipinski definition) is 2. The maximum Gasteiger partial charge on any atom is 0.410 e. The molecule has 1 spiro atoms. The monoisotopic (exact) mass is 1120 g/mol. The molecule has 1 aliphatic carbocycles. The van der Waals surface area contributed by atoms with Crippen molar-refractivity contribution >= 4 is 45.8 Å². The van der Waals surface area contributed by atoms with E-state index in [-0.39, 0.29) is 41.5 Å². The van der Waals surface area contributed by atoms with Crippen molar-refractivity contribution in [3.8, 4) is 0 Å². The molecular formula is C59H78BrN7O10. The number of aromatic carboxylic acids is 1. The lowest BCUT2D eigenvalue weighted by molar-refractivity contribution is -0.158. The van der Waals surface area contributed by atoms with Gasteiger partial charge >= 0.3 is 24.1 Å². The minimum Gasteiger partial charge on any atom is -0.478 e. The molecule has 5 aromatic heterocycles. The minimum atomic E-state index is -0.925. The Labute approximate surface area is 462 Å². The van der Waals surface area contributed by atoms with E-state index in [2.05, 4.69) is 53.0 Å².